The van der Waals surface area contributed by atoms with Crippen LogP contribution in [0.5, 0.6) is 0 Å². The van der Waals surface area contributed by atoms with Crippen LogP contribution in [0.4, 0.5) is 0 Å². The van der Waals surface area contributed by atoms with Gasteiger partial charge in [-0.05, 0) is 38.4 Å². The molecule has 0 aromatic carbocycles. The number of H-pyrrole nitrogens is 1. The molecule has 0 aliphatic carbocycles. The Hall–Kier alpha value is -0.800. The van der Waals surface area contributed by atoms with Crippen molar-refractivity contribution in [2.24, 2.45) is 0 Å². The first-order valence-corrected chi connectivity index (χ1v) is 4.61. The SMILES string of the molecule is CC(C)(CO)NCCc1cc[nH]c1. The molecule has 0 radical (unpaired) electrons. The summed E-state index contributed by atoms with van der Waals surface area (Å²) in [6.45, 7) is 5.04. The zero-order chi connectivity index (χ0) is 9.73. The Morgan fingerprint density at radius 1 is 1.54 bits per heavy atom. The van der Waals surface area contributed by atoms with Crippen LogP contribution in [0.1, 0.15) is 19.4 Å². The third-order valence-corrected chi connectivity index (χ3v) is 2.07. The maximum atomic E-state index is 8.98. The second-order valence-corrected chi connectivity index (χ2v) is 3.94. The van der Waals surface area contributed by atoms with Crippen molar-refractivity contribution in [3.05, 3.63) is 24.0 Å². The van der Waals surface area contributed by atoms with E-state index in [0.717, 1.165) is 13.0 Å². The molecule has 0 aliphatic rings. The lowest BCUT2D eigenvalue weighted by Crippen LogP contribution is -2.43. The predicted octanol–water partition coefficient (Wildman–Crippen LogP) is 0.918. The number of nitrogens with one attached hydrogen (secondary N) is 2. The van der Waals surface area contributed by atoms with Crippen molar-refractivity contribution in [3.8, 4) is 0 Å². The molecule has 1 heterocycles. The quantitative estimate of drug-likeness (QED) is 0.634. The van der Waals surface area contributed by atoms with Gasteiger partial charge in [-0.15, -0.1) is 0 Å². The summed E-state index contributed by atoms with van der Waals surface area (Å²) < 4.78 is 0. The molecule has 0 fully saturated rings. The zero-order valence-corrected chi connectivity index (χ0v) is 8.30. The highest BCUT2D eigenvalue weighted by Gasteiger charge is 2.13. The highest BCUT2D eigenvalue weighted by molar-refractivity contribution is 5.08. The third kappa shape index (κ3) is 3.61. The van der Waals surface area contributed by atoms with Gasteiger partial charge in [-0.1, -0.05) is 0 Å². The summed E-state index contributed by atoms with van der Waals surface area (Å²) in [5.74, 6) is 0. The van der Waals surface area contributed by atoms with Gasteiger partial charge in [0, 0.05) is 17.9 Å². The summed E-state index contributed by atoms with van der Waals surface area (Å²) in [6.07, 6.45) is 4.91. The molecule has 0 atom stereocenters. The number of hydrogen-bond acceptors (Lipinski definition) is 2. The van der Waals surface area contributed by atoms with Crippen molar-refractivity contribution < 1.29 is 5.11 Å². The summed E-state index contributed by atoms with van der Waals surface area (Å²) >= 11 is 0. The Labute approximate surface area is 79.2 Å². The second kappa shape index (κ2) is 4.44. The molecule has 1 aromatic heterocycles. The van der Waals surface area contributed by atoms with Crippen LogP contribution in [0.3, 0.4) is 0 Å². The first-order valence-electron chi connectivity index (χ1n) is 4.61. The molecular formula is C10H18N2O. The Morgan fingerprint density at radius 3 is 2.85 bits per heavy atom. The van der Waals surface area contributed by atoms with Crippen LogP contribution < -0.4 is 5.32 Å². The van der Waals surface area contributed by atoms with Gasteiger partial charge in [-0.3, -0.25) is 0 Å². The minimum atomic E-state index is -0.170. The number of aliphatic hydroxyl groups is 1. The van der Waals surface area contributed by atoms with Crippen LogP contribution in [0, 0.1) is 0 Å². The molecule has 0 spiro atoms. The largest absolute Gasteiger partial charge is 0.394 e. The van der Waals surface area contributed by atoms with Crippen LogP contribution in [0.2, 0.25) is 0 Å². The van der Waals surface area contributed by atoms with Crippen molar-refractivity contribution in [2.45, 2.75) is 25.8 Å². The van der Waals surface area contributed by atoms with Crippen molar-refractivity contribution in [3.63, 3.8) is 0 Å². The molecule has 74 valence electrons. The van der Waals surface area contributed by atoms with Gasteiger partial charge in [-0.25, -0.2) is 0 Å². The van der Waals surface area contributed by atoms with E-state index in [1.165, 1.54) is 5.56 Å². The summed E-state index contributed by atoms with van der Waals surface area (Å²) in [7, 11) is 0. The first-order chi connectivity index (χ1) is 6.14. The fraction of sp³-hybridized carbons (Fsp3) is 0.600. The van der Waals surface area contributed by atoms with E-state index in [1.807, 2.05) is 26.2 Å². The molecule has 13 heavy (non-hydrogen) atoms. The minimum absolute atomic E-state index is 0.167. The van der Waals surface area contributed by atoms with Crippen molar-refractivity contribution in [1.29, 1.82) is 0 Å². The molecule has 3 N–H and O–H groups in total. The number of rotatable bonds is 5. The fourth-order valence-electron chi connectivity index (χ4n) is 1.12. The summed E-state index contributed by atoms with van der Waals surface area (Å²) in [5, 5.41) is 12.3. The maximum Gasteiger partial charge on any atom is 0.0607 e. The van der Waals surface area contributed by atoms with E-state index in [2.05, 4.69) is 16.4 Å². The third-order valence-electron chi connectivity index (χ3n) is 2.07. The van der Waals surface area contributed by atoms with Crippen molar-refractivity contribution in [1.82, 2.24) is 10.3 Å². The maximum absolute atomic E-state index is 8.98. The van der Waals surface area contributed by atoms with Crippen LogP contribution >= 0.6 is 0 Å². The van der Waals surface area contributed by atoms with E-state index < -0.39 is 0 Å². The molecule has 3 heteroatoms. The average molecular weight is 182 g/mol. The molecule has 0 amide bonds. The molecular weight excluding hydrogens is 164 g/mol. The highest BCUT2D eigenvalue weighted by Crippen LogP contribution is 2.01. The van der Waals surface area contributed by atoms with E-state index in [4.69, 9.17) is 5.11 Å². The molecule has 0 unspecified atom stereocenters. The van der Waals surface area contributed by atoms with Crippen LogP contribution in [0.25, 0.3) is 0 Å². The number of aromatic amines is 1. The number of hydrogen-bond donors (Lipinski definition) is 3. The van der Waals surface area contributed by atoms with Gasteiger partial charge >= 0.3 is 0 Å². The summed E-state index contributed by atoms with van der Waals surface area (Å²) in [5.41, 5.74) is 1.12. The van der Waals surface area contributed by atoms with E-state index >= 15 is 0 Å². The van der Waals surface area contributed by atoms with E-state index in [0.29, 0.717) is 0 Å². The minimum Gasteiger partial charge on any atom is -0.394 e. The number of aromatic nitrogens is 1. The average Bonchev–Trinajstić information content (AvgIpc) is 2.57. The molecule has 1 rings (SSSR count). The van der Waals surface area contributed by atoms with Crippen LogP contribution in [-0.4, -0.2) is 28.8 Å². The number of aliphatic hydroxyl groups excluding tert-OH is 1. The molecule has 0 saturated carbocycles. The zero-order valence-electron chi connectivity index (χ0n) is 8.30. The highest BCUT2D eigenvalue weighted by atomic mass is 16.3. The molecule has 0 saturated heterocycles. The van der Waals surface area contributed by atoms with Gasteiger partial charge < -0.3 is 15.4 Å². The lowest BCUT2D eigenvalue weighted by Gasteiger charge is -2.23. The normalized spacial score (nSPS) is 11.9. The van der Waals surface area contributed by atoms with Gasteiger partial charge in [-0.2, -0.15) is 0 Å². The topological polar surface area (TPSA) is 48.0 Å². The van der Waals surface area contributed by atoms with E-state index in [1.54, 1.807) is 0 Å². The fourth-order valence-corrected chi connectivity index (χ4v) is 1.12. The van der Waals surface area contributed by atoms with Crippen molar-refractivity contribution in [2.75, 3.05) is 13.2 Å². The summed E-state index contributed by atoms with van der Waals surface area (Å²) in [4.78, 5) is 3.01. The molecule has 3 nitrogen and oxygen atoms in total. The van der Waals surface area contributed by atoms with Crippen LogP contribution in [0.15, 0.2) is 18.5 Å². The second-order valence-electron chi connectivity index (χ2n) is 3.94. The Balaban J connectivity index is 2.21. The van der Waals surface area contributed by atoms with E-state index in [9.17, 15) is 0 Å². The molecule has 0 bridgehead atoms. The first kappa shape index (κ1) is 10.3. The smallest absolute Gasteiger partial charge is 0.0607 e. The lowest BCUT2D eigenvalue weighted by molar-refractivity contribution is 0.189. The predicted molar refractivity (Wildman–Crippen MR) is 53.7 cm³/mol. The molecule has 0 aliphatic heterocycles. The Bertz CT molecular complexity index is 229. The van der Waals surface area contributed by atoms with Gasteiger partial charge in [0.1, 0.15) is 0 Å². The Morgan fingerprint density at radius 2 is 2.31 bits per heavy atom. The lowest BCUT2D eigenvalue weighted by atomic mass is 10.1. The van der Waals surface area contributed by atoms with E-state index in [-0.39, 0.29) is 12.1 Å². The van der Waals surface area contributed by atoms with Crippen molar-refractivity contribution >= 4 is 0 Å². The van der Waals surface area contributed by atoms with Gasteiger partial charge in [0.15, 0.2) is 0 Å². The standard InChI is InChI=1S/C10H18N2O/c1-10(2,8-13)12-6-4-9-3-5-11-7-9/h3,5,7,11-13H,4,6,8H2,1-2H3. The van der Waals surface area contributed by atoms with Gasteiger partial charge in [0.2, 0.25) is 0 Å². The molecule has 1 aromatic rings. The summed E-state index contributed by atoms with van der Waals surface area (Å²) in [6, 6.07) is 2.06. The van der Waals surface area contributed by atoms with Gasteiger partial charge in [0.05, 0.1) is 6.61 Å². The van der Waals surface area contributed by atoms with Gasteiger partial charge in [0.25, 0.3) is 0 Å². The monoisotopic (exact) mass is 182 g/mol. The Kier molecular flexibility index (Phi) is 3.51. The van der Waals surface area contributed by atoms with Crippen LogP contribution in [-0.2, 0) is 6.42 Å².